The first kappa shape index (κ1) is 11.6. The molecule has 0 N–H and O–H groups in total. The van der Waals surface area contributed by atoms with Crippen LogP contribution in [0.4, 0.5) is 0 Å². The summed E-state index contributed by atoms with van der Waals surface area (Å²) in [6.07, 6.45) is 0.345. The van der Waals surface area contributed by atoms with E-state index in [1.54, 1.807) is 0 Å². The number of hydrogen-bond acceptors (Lipinski definition) is 2. The second-order valence-electron chi connectivity index (χ2n) is 4.17. The van der Waals surface area contributed by atoms with Crippen LogP contribution in [-0.4, -0.2) is 12.6 Å². The number of esters is 1. The number of rotatable bonds is 3. The molecular weight excluding hydrogens is 212 g/mol. The van der Waals surface area contributed by atoms with Gasteiger partial charge < -0.3 is 4.74 Å². The van der Waals surface area contributed by atoms with Crippen molar-refractivity contribution in [2.24, 2.45) is 0 Å². The molecule has 0 aromatic heterocycles. The van der Waals surface area contributed by atoms with Crippen LogP contribution in [0.3, 0.4) is 0 Å². The van der Waals surface area contributed by atoms with E-state index in [0.717, 1.165) is 10.9 Å². The van der Waals surface area contributed by atoms with Gasteiger partial charge in [-0.1, -0.05) is 42.0 Å². The smallest absolute Gasteiger partial charge is 0.310 e. The van der Waals surface area contributed by atoms with Crippen LogP contribution < -0.4 is 0 Å². The largest absolute Gasteiger partial charge is 0.466 e. The maximum atomic E-state index is 11.4. The minimum atomic E-state index is -0.168. The fourth-order valence-corrected chi connectivity index (χ4v) is 1.90. The fraction of sp³-hybridized carbons (Fsp3) is 0.267. The summed E-state index contributed by atoms with van der Waals surface area (Å²) in [6, 6.07) is 12.4. The van der Waals surface area contributed by atoms with Crippen LogP contribution in [0.2, 0.25) is 0 Å². The number of hydrogen-bond donors (Lipinski definition) is 0. The third-order valence-corrected chi connectivity index (χ3v) is 2.71. The first-order valence-electron chi connectivity index (χ1n) is 5.84. The van der Waals surface area contributed by atoms with Crippen LogP contribution in [0, 0.1) is 6.92 Å². The van der Waals surface area contributed by atoms with E-state index in [4.69, 9.17) is 4.74 Å². The van der Waals surface area contributed by atoms with Gasteiger partial charge in [0, 0.05) is 0 Å². The lowest BCUT2D eigenvalue weighted by atomic mass is 10.0. The Morgan fingerprint density at radius 1 is 1.12 bits per heavy atom. The summed E-state index contributed by atoms with van der Waals surface area (Å²) >= 11 is 0. The van der Waals surface area contributed by atoms with E-state index in [9.17, 15) is 4.79 Å². The second-order valence-corrected chi connectivity index (χ2v) is 4.17. The quantitative estimate of drug-likeness (QED) is 0.754. The van der Waals surface area contributed by atoms with Crippen molar-refractivity contribution in [1.82, 2.24) is 0 Å². The molecule has 0 saturated heterocycles. The summed E-state index contributed by atoms with van der Waals surface area (Å²) in [4.78, 5) is 11.4. The van der Waals surface area contributed by atoms with E-state index < -0.39 is 0 Å². The Morgan fingerprint density at radius 2 is 1.82 bits per heavy atom. The average Bonchev–Trinajstić information content (AvgIpc) is 2.29. The molecule has 2 rings (SSSR count). The van der Waals surface area contributed by atoms with Crippen LogP contribution >= 0.6 is 0 Å². The van der Waals surface area contributed by atoms with Gasteiger partial charge in [0.05, 0.1) is 13.0 Å². The van der Waals surface area contributed by atoms with E-state index in [2.05, 4.69) is 31.2 Å². The summed E-state index contributed by atoms with van der Waals surface area (Å²) in [5.74, 6) is -0.168. The molecule has 0 aliphatic rings. The van der Waals surface area contributed by atoms with Gasteiger partial charge in [0.1, 0.15) is 0 Å². The van der Waals surface area contributed by atoms with Crippen LogP contribution in [0.1, 0.15) is 18.1 Å². The first-order valence-corrected chi connectivity index (χ1v) is 5.84. The van der Waals surface area contributed by atoms with Gasteiger partial charge in [-0.3, -0.25) is 4.79 Å². The van der Waals surface area contributed by atoms with E-state index >= 15 is 0 Å². The molecule has 0 saturated carbocycles. The molecule has 0 aliphatic carbocycles. The molecule has 0 amide bonds. The molecule has 2 aromatic carbocycles. The van der Waals surface area contributed by atoms with E-state index in [0.29, 0.717) is 13.0 Å². The Hall–Kier alpha value is -1.83. The number of aryl methyl sites for hydroxylation is 1. The highest BCUT2D eigenvalue weighted by Crippen LogP contribution is 2.18. The van der Waals surface area contributed by atoms with Gasteiger partial charge in [0.25, 0.3) is 0 Å². The van der Waals surface area contributed by atoms with Crippen molar-refractivity contribution in [2.45, 2.75) is 20.3 Å². The topological polar surface area (TPSA) is 26.3 Å². The third kappa shape index (κ3) is 2.84. The van der Waals surface area contributed by atoms with Gasteiger partial charge >= 0.3 is 5.97 Å². The molecule has 0 atom stereocenters. The Kier molecular flexibility index (Phi) is 3.43. The molecule has 17 heavy (non-hydrogen) atoms. The van der Waals surface area contributed by atoms with Crippen molar-refractivity contribution in [3.63, 3.8) is 0 Å². The van der Waals surface area contributed by atoms with Crippen molar-refractivity contribution in [3.05, 3.63) is 47.5 Å². The molecule has 0 fully saturated rings. The van der Waals surface area contributed by atoms with Gasteiger partial charge in [-0.2, -0.15) is 0 Å². The highest BCUT2D eigenvalue weighted by atomic mass is 16.5. The maximum absolute atomic E-state index is 11.4. The van der Waals surface area contributed by atoms with Gasteiger partial charge in [0.2, 0.25) is 0 Å². The summed E-state index contributed by atoms with van der Waals surface area (Å²) in [5.41, 5.74) is 2.25. The Labute approximate surface area is 101 Å². The number of benzene rings is 2. The van der Waals surface area contributed by atoms with Crippen LogP contribution in [-0.2, 0) is 16.0 Å². The van der Waals surface area contributed by atoms with Crippen molar-refractivity contribution in [2.75, 3.05) is 6.61 Å². The molecule has 2 nitrogen and oxygen atoms in total. The van der Waals surface area contributed by atoms with Gasteiger partial charge in [0.15, 0.2) is 0 Å². The Bertz CT molecular complexity index is 544. The van der Waals surface area contributed by atoms with Crippen LogP contribution in [0.25, 0.3) is 10.8 Å². The van der Waals surface area contributed by atoms with E-state index in [1.165, 1.54) is 10.9 Å². The summed E-state index contributed by atoms with van der Waals surface area (Å²) in [7, 11) is 0. The van der Waals surface area contributed by atoms with E-state index in [-0.39, 0.29) is 5.97 Å². The lowest BCUT2D eigenvalue weighted by Gasteiger charge is -2.04. The highest BCUT2D eigenvalue weighted by molar-refractivity contribution is 5.85. The minimum absolute atomic E-state index is 0.168. The Morgan fingerprint density at radius 3 is 2.59 bits per heavy atom. The normalized spacial score (nSPS) is 10.5. The molecular formula is C15H16O2. The SMILES string of the molecule is CCOC(=O)Cc1ccc2cc(C)ccc2c1. The molecule has 0 radical (unpaired) electrons. The summed E-state index contributed by atoms with van der Waals surface area (Å²) in [6.45, 7) is 4.33. The second kappa shape index (κ2) is 5.00. The van der Waals surface area contributed by atoms with Gasteiger partial charge in [-0.25, -0.2) is 0 Å². The molecule has 0 heterocycles. The van der Waals surface area contributed by atoms with Crippen LogP contribution in [0.15, 0.2) is 36.4 Å². The summed E-state index contributed by atoms with van der Waals surface area (Å²) < 4.78 is 4.94. The zero-order chi connectivity index (χ0) is 12.3. The molecule has 0 aliphatic heterocycles. The molecule has 0 unspecified atom stereocenters. The average molecular weight is 228 g/mol. The molecule has 2 aromatic rings. The van der Waals surface area contributed by atoms with E-state index in [1.807, 2.05) is 19.1 Å². The van der Waals surface area contributed by atoms with Crippen molar-refractivity contribution >= 4 is 16.7 Å². The van der Waals surface area contributed by atoms with Crippen LogP contribution in [0.5, 0.6) is 0 Å². The molecule has 88 valence electrons. The number of fused-ring (bicyclic) bond motifs is 1. The molecule has 2 heteroatoms. The van der Waals surface area contributed by atoms with Crippen molar-refractivity contribution < 1.29 is 9.53 Å². The minimum Gasteiger partial charge on any atom is -0.466 e. The van der Waals surface area contributed by atoms with Gasteiger partial charge in [-0.05, 0) is 30.2 Å². The third-order valence-electron chi connectivity index (χ3n) is 2.71. The fourth-order valence-electron chi connectivity index (χ4n) is 1.90. The predicted octanol–water partition coefficient (Wildman–Crippen LogP) is 3.25. The lowest BCUT2D eigenvalue weighted by molar-refractivity contribution is -0.142. The highest BCUT2D eigenvalue weighted by Gasteiger charge is 2.04. The zero-order valence-corrected chi connectivity index (χ0v) is 10.2. The number of carbonyl (C=O) groups excluding carboxylic acids is 1. The van der Waals surface area contributed by atoms with Crippen molar-refractivity contribution in [3.8, 4) is 0 Å². The number of carbonyl (C=O) groups is 1. The zero-order valence-electron chi connectivity index (χ0n) is 10.2. The monoisotopic (exact) mass is 228 g/mol. The molecule has 0 spiro atoms. The lowest BCUT2D eigenvalue weighted by Crippen LogP contribution is -2.07. The van der Waals surface area contributed by atoms with Crippen molar-refractivity contribution in [1.29, 1.82) is 0 Å². The van der Waals surface area contributed by atoms with Gasteiger partial charge in [-0.15, -0.1) is 0 Å². The standard InChI is InChI=1S/C15H16O2/c1-3-17-15(16)10-12-5-7-13-8-11(2)4-6-14(13)9-12/h4-9H,3,10H2,1-2H3. The molecule has 0 bridgehead atoms. The number of ether oxygens (including phenoxy) is 1. The first-order chi connectivity index (χ1) is 8.19. The summed E-state index contributed by atoms with van der Waals surface area (Å²) in [5, 5.41) is 2.37. The predicted molar refractivity (Wildman–Crippen MR) is 69.0 cm³/mol. The maximum Gasteiger partial charge on any atom is 0.310 e. The Balaban J connectivity index is 2.26.